The number of ether oxygens (including phenoxy) is 2. The zero-order valence-corrected chi connectivity index (χ0v) is 14.6. The van der Waals surface area contributed by atoms with Crippen LogP contribution in [0.1, 0.15) is 19.8 Å². The van der Waals surface area contributed by atoms with Crippen LogP contribution in [0.15, 0.2) is 35.3 Å². The summed E-state index contributed by atoms with van der Waals surface area (Å²) in [5, 5.41) is 15.9. The first-order valence-corrected chi connectivity index (χ1v) is 8.52. The van der Waals surface area contributed by atoms with Crippen molar-refractivity contribution >= 4 is 5.96 Å². The van der Waals surface area contributed by atoms with Gasteiger partial charge in [-0.1, -0.05) is 18.2 Å². The first-order chi connectivity index (χ1) is 11.7. The van der Waals surface area contributed by atoms with Gasteiger partial charge in [0, 0.05) is 32.2 Å². The summed E-state index contributed by atoms with van der Waals surface area (Å²) in [4.78, 5) is 4.25. The molecule has 0 spiro atoms. The maximum Gasteiger partial charge on any atom is 0.191 e. The van der Waals surface area contributed by atoms with Gasteiger partial charge in [-0.25, -0.2) is 0 Å². The topological polar surface area (TPSA) is 75.1 Å². The van der Waals surface area contributed by atoms with Crippen LogP contribution in [0.5, 0.6) is 5.75 Å². The summed E-state index contributed by atoms with van der Waals surface area (Å²) >= 11 is 0. The quantitative estimate of drug-likeness (QED) is 0.495. The molecule has 1 aromatic rings. The van der Waals surface area contributed by atoms with E-state index in [0.29, 0.717) is 13.2 Å². The molecule has 6 heteroatoms. The van der Waals surface area contributed by atoms with Gasteiger partial charge >= 0.3 is 0 Å². The number of rotatable bonds is 8. The van der Waals surface area contributed by atoms with Crippen molar-refractivity contribution in [2.24, 2.45) is 10.4 Å². The number of nitrogens with zero attached hydrogens (tertiary/aromatic N) is 1. The number of aliphatic hydroxyl groups excluding tert-OH is 1. The molecule has 1 aromatic carbocycles. The van der Waals surface area contributed by atoms with Crippen molar-refractivity contribution in [2.45, 2.75) is 25.9 Å². The van der Waals surface area contributed by atoms with Crippen LogP contribution in [-0.2, 0) is 4.74 Å². The SMILES string of the molecule is CN=C(NCC(C)Oc1ccccc1)NCC1(CCO)CCOC1. The normalized spacial score (nSPS) is 22.2. The molecule has 0 bridgehead atoms. The summed E-state index contributed by atoms with van der Waals surface area (Å²) in [6.45, 7) is 5.03. The smallest absolute Gasteiger partial charge is 0.191 e. The molecule has 2 rings (SSSR count). The lowest BCUT2D eigenvalue weighted by atomic mass is 9.84. The largest absolute Gasteiger partial charge is 0.489 e. The second-order valence-electron chi connectivity index (χ2n) is 6.32. The summed E-state index contributed by atoms with van der Waals surface area (Å²) in [6.07, 6.45) is 1.72. The van der Waals surface area contributed by atoms with E-state index in [9.17, 15) is 5.11 Å². The molecule has 134 valence electrons. The van der Waals surface area contributed by atoms with E-state index in [1.54, 1.807) is 7.05 Å². The minimum Gasteiger partial charge on any atom is -0.489 e. The summed E-state index contributed by atoms with van der Waals surface area (Å²) in [6, 6.07) is 9.78. The number of para-hydroxylation sites is 1. The van der Waals surface area contributed by atoms with Crippen LogP contribution in [0.4, 0.5) is 0 Å². The Labute approximate surface area is 144 Å². The van der Waals surface area contributed by atoms with Gasteiger partial charge in [-0.3, -0.25) is 4.99 Å². The van der Waals surface area contributed by atoms with E-state index in [0.717, 1.165) is 37.7 Å². The van der Waals surface area contributed by atoms with E-state index in [4.69, 9.17) is 9.47 Å². The fourth-order valence-corrected chi connectivity index (χ4v) is 2.82. The Morgan fingerprint density at radius 3 is 2.79 bits per heavy atom. The van der Waals surface area contributed by atoms with Gasteiger partial charge in [0.05, 0.1) is 13.2 Å². The Morgan fingerprint density at radius 1 is 1.38 bits per heavy atom. The molecule has 0 aromatic heterocycles. The first kappa shape index (κ1) is 18.5. The Kier molecular flexibility index (Phi) is 7.34. The average molecular weight is 335 g/mol. The molecule has 1 aliphatic rings. The lowest BCUT2D eigenvalue weighted by molar-refractivity contribution is 0.127. The monoisotopic (exact) mass is 335 g/mol. The van der Waals surface area contributed by atoms with Crippen LogP contribution in [0.2, 0.25) is 0 Å². The maximum absolute atomic E-state index is 9.28. The van der Waals surface area contributed by atoms with Crippen molar-refractivity contribution in [3.05, 3.63) is 30.3 Å². The fourth-order valence-electron chi connectivity index (χ4n) is 2.82. The Balaban J connectivity index is 1.75. The van der Waals surface area contributed by atoms with Crippen molar-refractivity contribution in [3.8, 4) is 5.75 Å². The first-order valence-electron chi connectivity index (χ1n) is 8.52. The third kappa shape index (κ3) is 5.69. The molecule has 0 radical (unpaired) electrons. The van der Waals surface area contributed by atoms with Crippen LogP contribution in [0.25, 0.3) is 0 Å². The maximum atomic E-state index is 9.28. The van der Waals surface area contributed by atoms with Crippen LogP contribution in [-0.4, -0.2) is 57.1 Å². The van der Waals surface area contributed by atoms with Crippen molar-refractivity contribution in [3.63, 3.8) is 0 Å². The van der Waals surface area contributed by atoms with E-state index in [2.05, 4.69) is 15.6 Å². The van der Waals surface area contributed by atoms with Crippen LogP contribution < -0.4 is 15.4 Å². The minimum absolute atomic E-state index is 0.00146. The Hall–Kier alpha value is -1.79. The minimum atomic E-state index is -0.00146. The molecule has 24 heavy (non-hydrogen) atoms. The van der Waals surface area contributed by atoms with Gasteiger partial charge in [0.2, 0.25) is 0 Å². The molecule has 1 aliphatic heterocycles. The third-order valence-corrected chi connectivity index (χ3v) is 4.32. The second kappa shape index (κ2) is 9.49. The summed E-state index contributed by atoms with van der Waals surface area (Å²) in [5.41, 5.74) is -0.00146. The Bertz CT molecular complexity index is 501. The molecule has 0 aliphatic carbocycles. The van der Waals surface area contributed by atoms with E-state index in [1.807, 2.05) is 37.3 Å². The fraction of sp³-hybridized carbons (Fsp3) is 0.611. The van der Waals surface area contributed by atoms with Gasteiger partial charge in [0.15, 0.2) is 5.96 Å². The van der Waals surface area contributed by atoms with E-state index in [-0.39, 0.29) is 18.1 Å². The zero-order chi connectivity index (χ0) is 17.3. The van der Waals surface area contributed by atoms with E-state index < -0.39 is 0 Å². The molecule has 1 saturated heterocycles. The van der Waals surface area contributed by atoms with E-state index >= 15 is 0 Å². The van der Waals surface area contributed by atoms with Crippen molar-refractivity contribution in [1.29, 1.82) is 0 Å². The highest BCUT2D eigenvalue weighted by atomic mass is 16.5. The van der Waals surface area contributed by atoms with Gasteiger partial charge in [-0.15, -0.1) is 0 Å². The second-order valence-corrected chi connectivity index (χ2v) is 6.32. The van der Waals surface area contributed by atoms with Crippen LogP contribution in [0.3, 0.4) is 0 Å². The van der Waals surface area contributed by atoms with Crippen molar-refractivity contribution in [1.82, 2.24) is 10.6 Å². The lowest BCUT2D eigenvalue weighted by Crippen LogP contribution is -2.46. The molecular formula is C18H29N3O3. The van der Waals surface area contributed by atoms with Gasteiger partial charge in [0.25, 0.3) is 0 Å². The molecule has 2 atom stereocenters. The molecule has 1 fully saturated rings. The standard InChI is InChI=1S/C18H29N3O3/c1-15(24-16-6-4-3-5-7-16)12-20-17(19-2)21-13-18(8-10-22)9-11-23-14-18/h3-7,15,22H,8-14H2,1-2H3,(H2,19,20,21). The van der Waals surface area contributed by atoms with Gasteiger partial charge in [-0.05, 0) is 31.9 Å². The van der Waals surface area contributed by atoms with Crippen LogP contribution in [0, 0.1) is 5.41 Å². The number of benzene rings is 1. The highest BCUT2D eigenvalue weighted by Crippen LogP contribution is 2.31. The number of hydrogen-bond acceptors (Lipinski definition) is 4. The molecule has 3 N–H and O–H groups in total. The predicted molar refractivity (Wildman–Crippen MR) is 95.5 cm³/mol. The Morgan fingerprint density at radius 2 is 2.17 bits per heavy atom. The summed E-state index contributed by atoms with van der Waals surface area (Å²) in [5.74, 6) is 1.60. The molecule has 1 heterocycles. The average Bonchev–Trinajstić information content (AvgIpc) is 3.05. The number of hydrogen-bond donors (Lipinski definition) is 3. The lowest BCUT2D eigenvalue weighted by Gasteiger charge is -2.28. The van der Waals surface area contributed by atoms with Crippen molar-refractivity contribution < 1.29 is 14.6 Å². The molecule has 0 saturated carbocycles. The highest BCUT2D eigenvalue weighted by Gasteiger charge is 2.34. The number of nitrogens with one attached hydrogen (secondary N) is 2. The highest BCUT2D eigenvalue weighted by molar-refractivity contribution is 5.79. The summed E-state index contributed by atoms with van der Waals surface area (Å²) in [7, 11) is 1.75. The summed E-state index contributed by atoms with van der Waals surface area (Å²) < 4.78 is 11.4. The molecule has 6 nitrogen and oxygen atoms in total. The molecular weight excluding hydrogens is 306 g/mol. The van der Waals surface area contributed by atoms with Gasteiger partial charge in [0.1, 0.15) is 11.9 Å². The van der Waals surface area contributed by atoms with E-state index in [1.165, 1.54) is 0 Å². The van der Waals surface area contributed by atoms with Gasteiger partial charge in [-0.2, -0.15) is 0 Å². The molecule has 2 unspecified atom stereocenters. The molecule has 0 amide bonds. The van der Waals surface area contributed by atoms with Gasteiger partial charge < -0.3 is 25.2 Å². The predicted octanol–water partition coefficient (Wildman–Crippen LogP) is 1.41. The number of guanidine groups is 1. The van der Waals surface area contributed by atoms with Crippen molar-refractivity contribution in [2.75, 3.05) is 40.0 Å². The number of aliphatic hydroxyl groups is 1. The zero-order valence-electron chi connectivity index (χ0n) is 14.6. The number of aliphatic imine (C=N–C) groups is 1. The van der Waals surface area contributed by atoms with Crippen LogP contribution >= 0.6 is 0 Å². The third-order valence-electron chi connectivity index (χ3n) is 4.32.